The number of anilines is 2. The highest BCUT2D eigenvalue weighted by Crippen LogP contribution is 2.20. The standard InChI is InChI=1S/C21H24N2O4.C16H17NO2/c1-26-20(24)15-17-7-9-18(10-8-17)16-23(19-5-3-2-4-6-19)21(25)22-11-13-27-14-12-22;1-19-16(18)11-13-7-9-14(10-8-13)12-17-15-5-3-2-4-6-15/h2-10H,11-16H2,1H3;2-10,17H,11-12H2,1H3. The molecular formula is C37H41N3O6. The number of morpholine rings is 1. The first kappa shape index (κ1) is 33.7. The molecule has 1 aliphatic heterocycles. The van der Waals surface area contributed by atoms with Gasteiger partial charge in [-0.05, 0) is 46.5 Å². The van der Waals surface area contributed by atoms with Gasteiger partial charge < -0.3 is 24.4 Å². The monoisotopic (exact) mass is 623 g/mol. The maximum Gasteiger partial charge on any atom is 0.324 e. The molecule has 1 aliphatic rings. The second-order valence-electron chi connectivity index (χ2n) is 10.7. The van der Waals surface area contributed by atoms with E-state index in [1.807, 2.05) is 114 Å². The Morgan fingerprint density at radius 3 is 1.67 bits per heavy atom. The summed E-state index contributed by atoms with van der Waals surface area (Å²) in [7, 11) is 2.78. The van der Waals surface area contributed by atoms with E-state index in [0.29, 0.717) is 39.3 Å². The summed E-state index contributed by atoms with van der Waals surface area (Å²) >= 11 is 0. The van der Waals surface area contributed by atoms with Crippen LogP contribution in [0.5, 0.6) is 0 Å². The summed E-state index contributed by atoms with van der Waals surface area (Å²) in [6, 6.07) is 35.3. The molecule has 0 spiro atoms. The van der Waals surface area contributed by atoms with Crippen LogP contribution in [0.15, 0.2) is 109 Å². The molecule has 1 heterocycles. The Balaban J connectivity index is 0.000000222. The summed E-state index contributed by atoms with van der Waals surface area (Å²) in [5.41, 5.74) is 5.98. The van der Waals surface area contributed by atoms with Crippen LogP contribution in [0.4, 0.5) is 16.2 Å². The lowest BCUT2D eigenvalue weighted by atomic mass is 10.1. The molecule has 4 aromatic carbocycles. The first-order valence-electron chi connectivity index (χ1n) is 15.2. The summed E-state index contributed by atoms with van der Waals surface area (Å²) in [5.74, 6) is -0.480. The first-order valence-corrected chi connectivity index (χ1v) is 15.2. The number of hydrogen-bond acceptors (Lipinski definition) is 7. The molecule has 1 saturated heterocycles. The van der Waals surface area contributed by atoms with E-state index in [-0.39, 0.29) is 24.4 Å². The number of hydrogen-bond donors (Lipinski definition) is 1. The van der Waals surface area contributed by atoms with Crippen molar-refractivity contribution in [3.05, 3.63) is 131 Å². The van der Waals surface area contributed by atoms with E-state index in [1.165, 1.54) is 19.8 Å². The molecule has 240 valence electrons. The van der Waals surface area contributed by atoms with Gasteiger partial charge in [0.05, 0.1) is 46.8 Å². The van der Waals surface area contributed by atoms with E-state index in [4.69, 9.17) is 9.47 Å². The van der Waals surface area contributed by atoms with E-state index in [2.05, 4.69) is 10.1 Å². The fourth-order valence-electron chi connectivity index (χ4n) is 4.76. The molecule has 0 aliphatic carbocycles. The van der Waals surface area contributed by atoms with Gasteiger partial charge in [-0.2, -0.15) is 0 Å². The van der Waals surface area contributed by atoms with Crippen LogP contribution in [-0.2, 0) is 49.7 Å². The van der Waals surface area contributed by atoms with E-state index in [1.54, 1.807) is 4.90 Å². The molecule has 9 nitrogen and oxygen atoms in total. The van der Waals surface area contributed by atoms with Crippen LogP contribution in [0.25, 0.3) is 0 Å². The van der Waals surface area contributed by atoms with Crippen molar-refractivity contribution in [2.45, 2.75) is 25.9 Å². The molecular weight excluding hydrogens is 582 g/mol. The molecule has 0 aromatic heterocycles. The minimum atomic E-state index is -0.267. The van der Waals surface area contributed by atoms with Crippen LogP contribution < -0.4 is 10.2 Å². The Morgan fingerprint density at radius 2 is 1.15 bits per heavy atom. The van der Waals surface area contributed by atoms with Crippen molar-refractivity contribution in [1.29, 1.82) is 0 Å². The number of nitrogens with one attached hydrogen (secondary N) is 1. The molecule has 4 aromatic rings. The van der Waals surface area contributed by atoms with Gasteiger partial charge in [-0.1, -0.05) is 84.9 Å². The van der Waals surface area contributed by atoms with Crippen molar-refractivity contribution in [3.63, 3.8) is 0 Å². The largest absolute Gasteiger partial charge is 0.469 e. The van der Waals surface area contributed by atoms with Crippen molar-refractivity contribution >= 4 is 29.3 Å². The van der Waals surface area contributed by atoms with E-state index >= 15 is 0 Å². The minimum absolute atomic E-state index is 0.0249. The van der Waals surface area contributed by atoms with Gasteiger partial charge in [0.15, 0.2) is 0 Å². The van der Waals surface area contributed by atoms with Gasteiger partial charge in [0, 0.05) is 31.0 Å². The van der Waals surface area contributed by atoms with Gasteiger partial charge in [0.2, 0.25) is 0 Å². The van der Waals surface area contributed by atoms with Crippen molar-refractivity contribution in [3.8, 4) is 0 Å². The number of rotatable bonds is 10. The molecule has 0 bridgehead atoms. The summed E-state index contributed by atoms with van der Waals surface area (Å²) in [6.45, 7) is 3.55. The first-order chi connectivity index (χ1) is 22.4. The SMILES string of the molecule is COC(=O)Cc1ccc(CN(C(=O)N2CCOCC2)c2ccccc2)cc1.COC(=O)Cc1ccc(CNc2ccccc2)cc1. The molecule has 0 atom stereocenters. The number of ether oxygens (including phenoxy) is 3. The van der Waals surface area contributed by atoms with E-state index < -0.39 is 0 Å². The van der Waals surface area contributed by atoms with Crippen molar-refractivity contribution < 1.29 is 28.6 Å². The molecule has 1 N–H and O–H groups in total. The Bertz CT molecular complexity index is 1510. The Labute approximate surface area is 270 Å². The highest BCUT2D eigenvalue weighted by Gasteiger charge is 2.24. The smallest absolute Gasteiger partial charge is 0.324 e. The summed E-state index contributed by atoms with van der Waals surface area (Å²) in [4.78, 5) is 39.2. The second-order valence-corrected chi connectivity index (χ2v) is 10.7. The van der Waals surface area contributed by atoms with Gasteiger partial charge in [-0.15, -0.1) is 0 Å². The third-order valence-electron chi connectivity index (χ3n) is 7.39. The Hall–Kier alpha value is -5.15. The topological polar surface area (TPSA) is 97.4 Å². The molecule has 9 heteroatoms. The van der Waals surface area contributed by atoms with Crippen LogP contribution in [0.2, 0.25) is 0 Å². The van der Waals surface area contributed by atoms with Gasteiger partial charge in [-0.25, -0.2) is 4.79 Å². The van der Waals surface area contributed by atoms with Crippen molar-refractivity contribution in [2.75, 3.05) is 50.7 Å². The molecule has 5 rings (SSSR count). The third kappa shape index (κ3) is 10.8. The van der Waals surface area contributed by atoms with E-state index in [0.717, 1.165) is 34.6 Å². The van der Waals surface area contributed by atoms with Crippen LogP contribution in [0.1, 0.15) is 22.3 Å². The number of amides is 2. The van der Waals surface area contributed by atoms with Gasteiger partial charge >= 0.3 is 18.0 Å². The molecule has 0 radical (unpaired) electrons. The maximum absolute atomic E-state index is 13.1. The Morgan fingerprint density at radius 1 is 0.674 bits per heavy atom. The quantitative estimate of drug-likeness (QED) is 0.221. The highest BCUT2D eigenvalue weighted by atomic mass is 16.5. The minimum Gasteiger partial charge on any atom is -0.469 e. The summed E-state index contributed by atoms with van der Waals surface area (Å²) < 4.78 is 14.7. The van der Waals surface area contributed by atoms with Gasteiger partial charge in [0.25, 0.3) is 0 Å². The lowest BCUT2D eigenvalue weighted by Crippen LogP contribution is -2.48. The predicted molar refractivity (Wildman–Crippen MR) is 179 cm³/mol. The number of carbonyl (C=O) groups excluding carboxylic acids is 3. The number of benzene rings is 4. The second kappa shape index (κ2) is 18.0. The molecule has 0 saturated carbocycles. The Kier molecular flexibility index (Phi) is 13.2. The fourth-order valence-corrected chi connectivity index (χ4v) is 4.76. The summed E-state index contributed by atoms with van der Waals surface area (Å²) in [5, 5.41) is 3.34. The zero-order valence-corrected chi connectivity index (χ0v) is 26.4. The van der Waals surface area contributed by atoms with Gasteiger partial charge in [-0.3, -0.25) is 14.5 Å². The van der Waals surface area contributed by atoms with Gasteiger partial charge in [0.1, 0.15) is 0 Å². The molecule has 2 amide bonds. The number of para-hydroxylation sites is 2. The zero-order chi connectivity index (χ0) is 32.6. The van der Waals surface area contributed by atoms with Crippen molar-refractivity contribution in [1.82, 2.24) is 4.90 Å². The number of urea groups is 1. The fraction of sp³-hybridized carbons (Fsp3) is 0.270. The number of esters is 2. The number of methoxy groups -OCH3 is 2. The number of nitrogens with zero attached hydrogens (tertiary/aromatic N) is 2. The van der Waals surface area contributed by atoms with E-state index in [9.17, 15) is 14.4 Å². The van der Waals surface area contributed by atoms with Crippen LogP contribution >= 0.6 is 0 Å². The molecule has 46 heavy (non-hydrogen) atoms. The van der Waals surface area contributed by atoms with Crippen molar-refractivity contribution in [2.24, 2.45) is 0 Å². The highest BCUT2D eigenvalue weighted by molar-refractivity contribution is 5.92. The summed E-state index contributed by atoms with van der Waals surface area (Å²) in [6.07, 6.45) is 0.564. The molecule has 0 unspecified atom stereocenters. The number of carbonyl (C=O) groups is 3. The van der Waals surface area contributed by atoms with Crippen LogP contribution in [-0.4, -0.2) is 63.4 Å². The normalized spacial score (nSPS) is 12.3. The lowest BCUT2D eigenvalue weighted by Gasteiger charge is -2.33. The average Bonchev–Trinajstić information content (AvgIpc) is 3.12. The van der Waals surface area contributed by atoms with Crippen LogP contribution in [0, 0.1) is 0 Å². The van der Waals surface area contributed by atoms with Crippen LogP contribution in [0.3, 0.4) is 0 Å². The maximum atomic E-state index is 13.1. The predicted octanol–water partition coefficient (Wildman–Crippen LogP) is 5.88. The molecule has 1 fully saturated rings. The zero-order valence-electron chi connectivity index (χ0n) is 26.4. The lowest BCUT2D eigenvalue weighted by molar-refractivity contribution is -0.140. The average molecular weight is 624 g/mol. The third-order valence-corrected chi connectivity index (χ3v) is 7.39.